The smallest absolute Gasteiger partial charge is 0.359 e. The van der Waals surface area contributed by atoms with E-state index in [1.807, 2.05) is 10.6 Å². The fourth-order valence-electron chi connectivity index (χ4n) is 1.86. The minimum Gasteiger partial charge on any atom is -0.461 e. The second kappa shape index (κ2) is 4.35. The Balaban J connectivity index is 2.06. The molecular weight excluding hydrogens is 298 g/mol. The Kier molecular flexibility index (Phi) is 2.81. The number of hydrogen-bond acceptors (Lipinski definition) is 4. The van der Waals surface area contributed by atoms with Crippen LogP contribution in [0.25, 0.3) is 5.65 Å². The first kappa shape index (κ1) is 11.6. The van der Waals surface area contributed by atoms with E-state index in [9.17, 15) is 4.79 Å². The minimum absolute atomic E-state index is 0.298. The highest BCUT2D eigenvalue weighted by Crippen LogP contribution is 2.39. The molecule has 0 aromatic carbocycles. The van der Waals surface area contributed by atoms with Crippen molar-refractivity contribution in [3.8, 4) is 0 Å². The molecule has 1 saturated carbocycles. The quantitative estimate of drug-likeness (QED) is 0.818. The SMILES string of the molecule is CCOC(=O)c1nc2cnc(C3CC3)cn2c1Br. The van der Waals surface area contributed by atoms with E-state index < -0.39 is 5.97 Å². The number of halogens is 1. The first-order valence-corrected chi connectivity index (χ1v) is 6.70. The van der Waals surface area contributed by atoms with Crippen LogP contribution in [-0.4, -0.2) is 26.9 Å². The van der Waals surface area contributed by atoms with Crippen molar-refractivity contribution < 1.29 is 9.53 Å². The van der Waals surface area contributed by atoms with Crippen LogP contribution in [0.15, 0.2) is 17.0 Å². The zero-order chi connectivity index (χ0) is 12.7. The van der Waals surface area contributed by atoms with E-state index in [1.165, 1.54) is 12.8 Å². The van der Waals surface area contributed by atoms with Gasteiger partial charge in [0.15, 0.2) is 11.3 Å². The molecule has 0 bridgehead atoms. The van der Waals surface area contributed by atoms with Gasteiger partial charge >= 0.3 is 5.97 Å². The number of esters is 1. The lowest BCUT2D eigenvalue weighted by molar-refractivity contribution is 0.0519. The van der Waals surface area contributed by atoms with Crippen LogP contribution < -0.4 is 0 Å². The second-order valence-electron chi connectivity index (χ2n) is 4.29. The third kappa shape index (κ3) is 1.90. The van der Waals surface area contributed by atoms with E-state index in [0.717, 1.165) is 5.69 Å². The van der Waals surface area contributed by atoms with Crippen molar-refractivity contribution in [2.45, 2.75) is 25.7 Å². The van der Waals surface area contributed by atoms with Crippen LogP contribution in [0.5, 0.6) is 0 Å². The minimum atomic E-state index is -0.416. The Labute approximate surface area is 112 Å². The molecule has 0 saturated heterocycles. The Hall–Kier alpha value is -1.43. The Bertz CT molecular complexity index is 619. The van der Waals surface area contributed by atoms with Crippen molar-refractivity contribution in [2.24, 2.45) is 0 Å². The number of rotatable bonds is 3. The molecule has 0 amide bonds. The molecule has 1 aliphatic rings. The van der Waals surface area contributed by atoms with Gasteiger partial charge in [-0.3, -0.25) is 9.38 Å². The van der Waals surface area contributed by atoms with Gasteiger partial charge in [-0.05, 0) is 35.7 Å². The van der Waals surface area contributed by atoms with Crippen molar-refractivity contribution in [3.05, 3.63) is 28.4 Å². The van der Waals surface area contributed by atoms with Crippen molar-refractivity contribution >= 4 is 27.5 Å². The maximum absolute atomic E-state index is 11.7. The van der Waals surface area contributed by atoms with Gasteiger partial charge in [-0.2, -0.15) is 0 Å². The largest absolute Gasteiger partial charge is 0.461 e. The summed E-state index contributed by atoms with van der Waals surface area (Å²) in [5, 5.41) is 0. The average Bonchev–Trinajstić information content (AvgIpc) is 3.15. The van der Waals surface area contributed by atoms with Crippen LogP contribution in [0.2, 0.25) is 0 Å². The van der Waals surface area contributed by atoms with E-state index >= 15 is 0 Å². The highest BCUT2D eigenvalue weighted by Gasteiger charge is 2.26. The van der Waals surface area contributed by atoms with Gasteiger partial charge in [-0.15, -0.1) is 0 Å². The number of imidazole rings is 1. The number of carbonyl (C=O) groups excluding carboxylic acids is 1. The Morgan fingerprint density at radius 2 is 2.39 bits per heavy atom. The third-order valence-electron chi connectivity index (χ3n) is 2.93. The molecule has 6 heteroatoms. The fourth-order valence-corrected chi connectivity index (χ4v) is 2.39. The van der Waals surface area contributed by atoms with E-state index in [1.54, 1.807) is 13.1 Å². The molecule has 2 aromatic heterocycles. The lowest BCUT2D eigenvalue weighted by Crippen LogP contribution is -2.05. The van der Waals surface area contributed by atoms with Crippen LogP contribution in [0.4, 0.5) is 0 Å². The van der Waals surface area contributed by atoms with Crippen molar-refractivity contribution in [1.29, 1.82) is 0 Å². The van der Waals surface area contributed by atoms with Crippen molar-refractivity contribution in [3.63, 3.8) is 0 Å². The van der Waals surface area contributed by atoms with Crippen LogP contribution in [-0.2, 0) is 4.74 Å². The summed E-state index contributed by atoms with van der Waals surface area (Å²) in [4.78, 5) is 20.3. The van der Waals surface area contributed by atoms with Crippen molar-refractivity contribution in [1.82, 2.24) is 14.4 Å². The molecule has 2 aromatic rings. The van der Waals surface area contributed by atoms with Gasteiger partial charge < -0.3 is 4.74 Å². The zero-order valence-corrected chi connectivity index (χ0v) is 11.5. The summed E-state index contributed by atoms with van der Waals surface area (Å²) in [6.45, 7) is 2.11. The zero-order valence-electron chi connectivity index (χ0n) is 9.89. The lowest BCUT2D eigenvalue weighted by Gasteiger charge is -2.00. The van der Waals surface area contributed by atoms with Gasteiger partial charge in [0.1, 0.15) is 4.60 Å². The number of fused-ring (bicyclic) bond motifs is 1. The molecule has 1 aliphatic carbocycles. The number of hydrogen-bond donors (Lipinski definition) is 0. The Morgan fingerprint density at radius 1 is 1.61 bits per heavy atom. The van der Waals surface area contributed by atoms with Gasteiger partial charge in [0.05, 0.1) is 18.5 Å². The normalized spacial score (nSPS) is 15.0. The molecule has 5 nitrogen and oxygen atoms in total. The van der Waals surface area contributed by atoms with E-state index in [-0.39, 0.29) is 0 Å². The van der Waals surface area contributed by atoms with E-state index in [4.69, 9.17) is 4.74 Å². The molecule has 0 N–H and O–H groups in total. The highest BCUT2D eigenvalue weighted by molar-refractivity contribution is 9.10. The summed E-state index contributed by atoms with van der Waals surface area (Å²) < 4.78 is 7.43. The standard InChI is InChI=1S/C12H12BrN3O2/c1-2-18-12(17)10-11(13)16-6-8(7-3-4-7)14-5-9(16)15-10/h5-7H,2-4H2,1H3. The van der Waals surface area contributed by atoms with Gasteiger partial charge in [0.2, 0.25) is 0 Å². The maximum Gasteiger partial charge on any atom is 0.359 e. The summed E-state index contributed by atoms with van der Waals surface area (Å²) >= 11 is 3.40. The first-order chi connectivity index (χ1) is 8.70. The summed E-state index contributed by atoms with van der Waals surface area (Å²) in [6, 6.07) is 0. The summed E-state index contributed by atoms with van der Waals surface area (Å²) in [6.07, 6.45) is 6.01. The topological polar surface area (TPSA) is 56.5 Å². The molecule has 18 heavy (non-hydrogen) atoms. The number of ether oxygens (including phenoxy) is 1. The summed E-state index contributed by atoms with van der Waals surface area (Å²) in [5.41, 5.74) is 2.00. The molecule has 2 heterocycles. The fraction of sp³-hybridized carbons (Fsp3) is 0.417. The molecule has 0 spiro atoms. The first-order valence-electron chi connectivity index (χ1n) is 5.91. The molecule has 3 rings (SSSR count). The Morgan fingerprint density at radius 3 is 3.06 bits per heavy atom. The van der Waals surface area contributed by atoms with Crippen LogP contribution in [0.1, 0.15) is 41.9 Å². The van der Waals surface area contributed by atoms with E-state index in [2.05, 4.69) is 25.9 Å². The molecule has 0 atom stereocenters. The number of aromatic nitrogens is 3. The third-order valence-corrected chi connectivity index (χ3v) is 3.69. The summed E-state index contributed by atoms with van der Waals surface area (Å²) in [5.74, 6) is 0.149. The van der Waals surface area contributed by atoms with Crippen LogP contribution >= 0.6 is 15.9 Å². The van der Waals surface area contributed by atoms with Gasteiger partial charge in [0, 0.05) is 12.1 Å². The van der Waals surface area contributed by atoms with Crippen LogP contribution in [0.3, 0.4) is 0 Å². The van der Waals surface area contributed by atoms with E-state index in [0.29, 0.717) is 28.5 Å². The molecule has 0 aliphatic heterocycles. The predicted octanol–water partition coefficient (Wildman–Crippen LogP) is 2.55. The van der Waals surface area contributed by atoms with Gasteiger partial charge in [-0.1, -0.05) is 0 Å². The summed E-state index contributed by atoms with van der Waals surface area (Å²) in [7, 11) is 0. The van der Waals surface area contributed by atoms with Gasteiger partial charge in [0.25, 0.3) is 0 Å². The number of carbonyl (C=O) groups is 1. The van der Waals surface area contributed by atoms with Crippen LogP contribution in [0, 0.1) is 0 Å². The molecular formula is C12H12BrN3O2. The highest BCUT2D eigenvalue weighted by atomic mass is 79.9. The monoisotopic (exact) mass is 309 g/mol. The maximum atomic E-state index is 11.7. The lowest BCUT2D eigenvalue weighted by atomic mass is 10.3. The molecule has 94 valence electrons. The second-order valence-corrected chi connectivity index (χ2v) is 5.04. The molecule has 1 fully saturated rings. The van der Waals surface area contributed by atoms with Gasteiger partial charge in [-0.25, -0.2) is 9.78 Å². The van der Waals surface area contributed by atoms with Crippen molar-refractivity contribution in [2.75, 3.05) is 6.61 Å². The number of nitrogens with zero attached hydrogens (tertiary/aromatic N) is 3. The molecule has 0 unspecified atom stereocenters. The molecule has 0 radical (unpaired) electrons. The average molecular weight is 310 g/mol. The predicted molar refractivity (Wildman–Crippen MR) is 68.6 cm³/mol.